The van der Waals surface area contributed by atoms with Crippen molar-refractivity contribution in [3.05, 3.63) is 53.9 Å². The summed E-state index contributed by atoms with van der Waals surface area (Å²) in [4.78, 5) is 14.7. The lowest BCUT2D eigenvalue weighted by Gasteiger charge is -2.14. The van der Waals surface area contributed by atoms with E-state index >= 15 is 0 Å². The van der Waals surface area contributed by atoms with E-state index in [1.807, 2.05) is 60.7 Å². The van der Waals surface area contributed by atoms with E-state index in [4.69, 9.17) is 4.74 Å². The van der Waals surface area contributed by atoms with Crippen molar-refractivity contribution in [1.82, 2.24) is 4.98 Å². The Morgan fingerprint density at radius 2 is 2.16 bits per heavy atom. The number of hydrogen-bond donors (Lipinski definition) is 1. The quantitative estimate of drug-likeness (QED) is 0.728. The van der Waals surface area contributed by atoms with Crippen molar-refractivity contribution in [2.75, 3.05) is 0 Å². The molecular formula is C14H13BrINO2. The zero-order valence-electron chi connectivity index (χ0n) is 10.6. The highest BCUT2D eigenvalue weighted by atomic mass is 127. The van der Waals surface area contributed by atoms with E-state index in [2.05, 4.69) is 20.9 Å². The van der Waals surface area contributed by atoms with Crippen molar-refractivity contribution in [1.29, 1.82) is 0 Å². The maximum Gasteiger partial charge on any atom is 0.265 e. The van der Waals surface area contributed by atoms with Gasteiger partial charge in [-0.05, 0) is 54.1 Å². The normalized spacial score (nSPS) is 10.5. The molecule has 1 aromatic heterocycles. The summed E-state index contributed by atoms with van der Waals surface area (Å²) in [6.07, 6.45) is 0.807. The highest BCUT2D eigenvalue weighted by molar-refractivity contribution is 14.1. The zero-order valence-corrected chi connectivity index (χ0v) is 14.3. The first kappa shape index (κ1) is 14.6. The molecule has 0 spiro atoms. The lowest BCUT2D eigenvalue weighted by molar-refractivity contribution is 0.470. The average Bonchev–Trinajstić information content (AvgIpc) is 2.36. The second-order valence-electron chi connectivity index (χ2n) is 4.11. The predicted molar refractivity (Wildman–Crippen MR) is 88.1 cm³/mol. The van der Waals surface area contributed by atoms with E-state index in [-0.39, 0.29) is 5.56 Å². The molecule has 0 bridgehead atoms. The molecule has 3 nitrogen and oxygen atoms in total. The molecule has 0 saturated heterocycles. The van der Waals surface area contributed by atoms with Gasteiger partial charge in [0.05, 0.1) is 0 Å². The molecule has 2 aromatic rings. The monoisotopic (exact) mass is 433 g/mol. The molecule has 0 aliphatic carbocycles. The number of H-pyrrole nitrogens is 1. The van der Waals surface area contributed by atoms with Gasteiger partial charge in [-0.3, -0.25) is 4.79 Å². The topological polar surface area (TPSA) is 42.1 Å². The fourth-order valence-electron chi connectivity index (χ4n) is 1.89. The number of nitrogens with one attached hydrogen (secondary N) is 1. The minimum Gasteiger partial charge on any atom is -0.456 e. The summed E-state index contributed by atoms with van der Waals surface area (Å²) in [6, 6.07) is 7.59. The van der Waals surface area contributed by atoms with Crippen molar-refractivity contribution in [3.8, 4) is 11.5 Å². The largest absolute Gasteiger partial charge is 0.456 e. The fraction of sp³-hybridized carbons (Fsp3) is 0.214. The smallest absolute Gasteiger partial charge is 0.265 e. The molecule has 0 aliphatic rings. The van der Waals surface area contributed by atoms with Gasteiger partial charge in [0.1, 0.15) is 9.32 Å². The first-order valence-electron chi connectivity index (χ1n) is 5.87. The molecule has 0 aliphatic heterocycles. The van der Waals surface area contributed by atoms with Gasteiger partial charge in [0, 0.05) is 15.7 Å². The first-order chi connectivity index (χ1) is 9.02. The Morgan fingerprint density at radius 1 is 1.42 bits per heavy atom. The number of aromatic amines is 1. The molecule has 0 radical (unpaired) electrons. The van der Waals surface area contributed by atoms with Crippen LogP contribution in [0, 0.1) is 10.5 Å². The Hall–Kier alpha value is -0.820. The number of hydrogen-bond acceptors (Lipinski definition) is 2. The van der Waals surface area contributed by atoms with Gasteiger partial charge >= 0.3 is 0 Å². The van der Waals surface area contributed by atoms with E-state index in [1.54, 1.807) is 0 Å². The summed E-state index contributed by atoms with van der Waals surface area (Å²) in [6.45, 7) is 3.94. The van der Waals surface area contributed by atoms with Crippen LogP contribution in [-0.4, -0.2) is 4.98 Å². The van der Waals surface area contributed by atoms with Gasteiger partial charge in [0.2, 0.25) is 0 Å². The lowest BCUT2D eigenvalue weighted by Crippen LogP contribution is -2.15. The SMILES string of the molecule is CCc1c(C)[nH]c(=O)c(I)c1Oc1cccc(Br)c1. The summed E-state index contributed by atoms with van der Waals surface area (Å²) < 4.78 is 7.44. The average molecular weight is 434 g/mol. The third kappa shape index (κ3) is 3.20. The molecule has 0 atom stereocenters. The van der Waals surface area contributed by atoms with Crippen molar-refractivity contribution in [2.45, 2.75) is 20.3 Å². The maximum absolute atomic E-state index is 11.8. The summed E-state index contributed by atoms with van der Waals surface area (Å²) in [5.74, 6) is 1.37. The van der Waals surface area contributed by atoms with E-state index < -0.39 is 0 Å². The Labute approximate surface area is 133 Å². The lowest BCUT2D eigenvalue weighted by atomic mass is 10.1. The van der Waals surface area contributed by atoms with E-state index in [9.17, 15) is 4.79 Å². The molecule has 100 valence electrons. The Bertz CT molecular complexity index is 667. The molecule has 0 amide bonds. The van der Waals surface area contributed by atoms with Gasteiger partial charge in [-0.1, -0.05) is 28.9 Å². The number of aromatic nitrogens is 1. The van der Waals surface area contributed by atoms with Crippen LogP contribution in [0.2, 0.25) is 0 Å². The van der Waals surface area contributed by atoms with Crippen molar-refractivity contribution in [2.24, 2.45) is 0 Å². The Kier molecular flexibility index (Phi) is 4.67. The second kappa shape index (κ2) is 6.09. The molecule has 0 saturated carbocycles. The van der Waals surface area contributed by atoms with Crippen LogP contribution < -0.4 is 10.3 Å². The molecule has 19 heavy (non-hydrogen) atoms. The highest BCUT2D eigenvalue weighted by Crippen LogP contribution is 2.31. The van der Waals surface area contributed by atoms with Crippen molar-refractivity contribution in [3.63, 3.8) is 0 Å². The van der Waals surface area contributed by atoms with Crippen LogP contribution in [-0.2, 0) is 6.42 Å². The van der Waals surface area contributed by atoms with E-state index in [0.717, 1.165) is 22.2 Å². The zero-order chi connectivity index (χ0) is 14.0. The van der Waals surface area contributed by atoms with Gasteiger partial charge < -0.3 is 9.72 Å². The van der Waals surface area contributed by atoms with Crippen LogP contribution in [0.25, 0.3) is 0 Å². The number of halogens is 2. The highest BCUT2D eigenvalue weighted by Gasteiger charge is 2.15. The van der Waals surface area contributed by atoms with Crippen LogP contribution in [0.5, 0.6) is 11.5 Å². The van der Waals surface area contributed by atoms with Crippen LogP contribution in [0.4, 0.5) is 0 Å². The summed E-state index contributed by atoms with van der Waals surface area (Å²) in [5.41, 5.74) is 1.78. The fourth-order valence-corrected chi connectivity index (χ4v) is 2.84. The first-order valence-corrected chi connectivity index (χ1v) is 7.74. The molecule has 1 N–H and O–H groups in total. The summed E-state index contributed by atoms with van der Waals surface area (Å²) >= 11 is 5.43. The number of aryl methyl sites for hydroxylation is 1. The minimum atomic E-state index is -0.111. The maximum atomic E-state index is 11.8. The molecule has 2 rings (SSSR count). The predicted octanol–water partition coefficient (Wildman–Crippen LogP) is 4.41. The molecule has 1 aromatic carbocycles. The van der Waals surface area contributed by atoms with Gasteiger partial charge in [0.15, 0.2) is 5.75 Å². The van der Waals surface area contributed by atoms with Crippen molar-refractivity contribution < 1.29 is 4.74 Å². The number of benzene rings is 1. The molecule has 0 fully saturated rings. The molecule has 5 heteroatoms. The third-order valence-corrected chi connectivity index (χ3v) is 4.27. The number of rotatable bonds is 3. The minimum absolute atomic E-state index is 0.111. The van der Waals surface area contributed by atoms with E-state index in [0.29, 0.717) is 15.1 Å². The summed E-state index contributed by atoms with van der Waals surface area (Å²) in [5, 5.41) is 0. The van der Waals surface area contributed by atoms with Gasteiger partial charge in [0.25, 0.3) is 5.56 Å². The van der Waals surface area contributed by atoms with Gasteiger partial charge in [-0.25, -0.2) is 0 Å². The van der Waals surface area contributed by atoms with Crippen LogP contribution in [0.1, 0.15) is 18.2 Å². The summed E-state index contributed by atoms with van der Waals surface area (Å²) in [7, 11) is 0. The Morgan fingerprint density at radius 3 is 2.79 bits per heavy atom. The Balaban J connectivity index is 2.53. The van der Waals surface area contributed by atoms with E-state index in [1.165, 1.54) is 0 Å². The molecular weight excluding hydrogens is 421 g/mol. The van der Waals surface area contributed by atoms with Crippen LogP contribution in [0.3, 0.4) is 0 Å². The van der Waals surface area contributed by atoms with Gasteiger partial charge in [-0.15, -0.1) is 0 Å². The van der Waals surface area contributed by atoms with Crippen molar-refractivity contribution >= 4 is 38.5 Å². The molecule has 0 unspecified atom stereocenters. The van der Waals surface area contributed by atoms with Crippen LogP contribution >= 0.6 is 38.5 Å². The van der Waals surface area contributed by atoms with Gasteiger partial charge in [-0.2, -0.15) is 0 Å². The number of pyridine rings is 1. The van der Waals surface area contributed by atoms with Crippen LogP contribution in [0.15, 0.2) is 33.5 Å². The standard InChI is InChI=1S/C14H13BrINO2/c1-3-11-8(2)17-14(18)12(16)13(11)19-10-6-4-5-9(15)7-10/h4-7H,3H2,1-2H3,(H,17,18). The number of ether oxygens (including phenoxy) is 1. The second-order valence-corrected chi connectivity index (χ2v) is 6.11. The third-order valence-electron chi connectivity index (χ3n) is 2.80. The molecule has 1 heterocycles.